The molecule has 90 valence electrons. The van der Waals surface area contributed by atoms with Crippen LogP contribution >= 0.6 is 11.3 Å². The van der Waals surface area contributed by atoms with Gasteiger partial charge >= 0.3 is 0 Å². The number of thiophene rings is 1. The number of rotatable bonds is 5. The Morgan fingerprint density at radius 1 is 1.44 bits per heavy atom. The topological polar surface area (TPSA) is 15.3 Å². The number of nitrogens with zero attached hydrogens (tertiary/aromatic N) is 1. The monoisotopic (exact) mass is 238 g/mol. The van der Waals surface area contributed by atoms with Crippen molar-refractivity contribution in [2.45, 2.75) is 26.3 Å². The Hall–Kier alpha value is -0.380. The van der Waals surface area contributed by atoms with Gasteiger partial charge in [-0.15, -0.1) is 0 Å². The molecule has 1 aliphatic rings. The van der Waals surface area contributed by atoms with E-state index in [0.29, 0.717) is 0 Å². The largest absolute Gasteiger partial charge is 0.312 e. The lowest BCUT2D eigenvalue weighted by atomic mass is 9.97. The first-order chi connectivity index (χ1) is 7.88. The summed E-state index contributed by atoms with van der Waals surface area (Å²) in [4.78, 5) is 2.55. The van der Waals surface area contributed by atoms with Gasteiger partial charge in [0.1, 0.15) is 0 Å². The number of likely N-dealkylation sites (tertiary alicyclic amines) is 1. The molecular formula is C13H22N2S. The predicted octanol–water partition coefficient (Wildman–Crippen LogP) is 2.57. The summed E-state index contributed by atoms with van der Waals surface area (Å²) in [6.07, 6.45) is 2.73. The Bertz CT molecular complexity index is 276. The molecule has 2 nitrogen and oxygen atoms in total. The van der Waals surface area contributed by atoms with Crippen molar-refractivity contribution in [2.24, 2.45) is 5.92 Å². The zero-order valence-corrected chi connectivity index (χ0v) is 10.9. The Morgan fingerprint density at radius 2 is 2.25 bits per heavy atom. The van der Waals surface area contributed by atoms with E-state index in [1.165, 1.54) is 44.6 Å². The van der Waals surface area contributed by atoms with E-state index in [2.05, 4.69) is 34.0 Å². The van der Waals surface area contributed by atoms with Gasteiger partial charge in [0, 0.05) is 6.54 Å². The number of hydrogen-bond acceptors (Lipinski definition) is 3. The second-order valence-electron chi connectivity index (χ2n) is 4.64. The first-order valence-electron chi connectivity index (χ1n) is 6.32. The van der Waals surface area contributed by atoms with Crippen LogP contribution in [-0.4, -0.2) is 31.1 Å². The third-order valence-corrected chi connectivity index (χ3v) is 4.23. The second-order valence-corrected chi connectivity index (χ2v) is 5.42. The molecule has 0 spiro atoms. The van der Waals surface area contributed by atoms with E-state index in [-0.39, 0.29) is 0 Å². The van der Waals surface area contributed by atoms with E-state index in [0.717, 1.165) is 12.5 Å². The third kappa shape index (κ3) is 3.58. The van der Waals surface area contributed by atoms with Crippen LogP contribution in [0, 0.1) is 5.92 Å². The first kappa shape index (κ1) is 12.1. The fourth-order valence-corrected chi connectivity index (χ4v) is 2.99. The lowest BCUT2D eigenvalue weighted by Gasteiger charge is -2.31. The number of piperidine rings is 1. The zero-order valence-electron chi connectivity index (χ0n) is 10.1. The van der Waals surface area contributed by atoms with Crippen LogP contribution in [0.15, 0.2) is 16.8 Å². The maximum atomic E-state index is 3.58. The summed E-state index contributed by atoms with van der Waals surface area (Å²) in [6.45, 7) is 8.29. The van der Waals surface area contributed by atoms with Crippen molar-refractivity contribution in [3.63, 3.8) is 0 Å². The molecule has 0 atom stereocenters. The van der Waals surface area contributed by atoms with E-state index in [1.54, 1.807) is 11.3 Å². The molecule has 0 unspecified atom stereocenters. The Morgan fingerprint density at radius 3 is 2.88 bits per heavy atom. The highest BCUT2D eigenvalue weighted by Crippen LogP contribution is 2.16. The van der Waals surface area contributed by atoms with Gasteiger partial charge in [-0.25, -0.2) is 0 Å². The van der Waals surface area contributed by atoms with Crippen LogP contribution in [0.2, 0.25) is 0 Å². The maximum Gasteiger partial charge on any atom is 0.0213 e. The molecule has 1 saturated heterocycles. The number of hydrogen-bond donors (Lipinski definition) is 1. The molecule has 1 aliphatic heterocycles. The molecule has 1 aromatic heterocycles. The minimum absolute atomic E-state index is 0.890. The summed E-state index contributed by atoms with van der Waals surface area (Å²) < 4.78 is 0. The molecule has 1 N–H and O–H groups in total. The zero-order chi connectivity index (χ0) is 11.2. The highest BCUT2D eigenvalue weighted by atomic mass is 32.1. The van der Waals surface area contributed by atoms with Gasteiger partial charge in [-0.05, 0) is 67.3 Å². The van der Waals surface area contributed by atoms with E-state index in [9.17, 15) is 0 Å². The van der Waals surface area contributed by atoms with Gasteiger partial charge in [0.25, 0.3) is 0 Å². The highest BCUT2D eigenvalue weighted by Gasteiger charge is 2.17. The van der Waals surface area contributed by atoms with Crippen LogP contribution in [0.1, 0.15) is 25.3 Å². The SMILES string of the molecule is CCN1CCC(CNCc2ccsc2)CC1. The average Bonchev–Trinajstić information content (AvgIpc) is 2.83. The quantitative estimate of drug-likeness (QED) is 0.848. The summed E-state index contributed by atoms with van der Waals surface area (Å²) in [6, 6.07) is 2.21. The molecule has 2 heterocycles. The smallest absolute Gasteiger partial charge is 0.0213 e. The van der Waals surface area contributed by atoms with Gasteiger partial charge in [-0.2, -0.15) is 11.3 Å². The van der Waals surface area contributed by atoms with Gasteiger partial charge < -0.3 is 10.2 Å². The minimum Gasteiger partial charge on any atom is -0.312 e. The molecule has 0 radical (unpaired) electrons. The molecule has 0 amide bonds. The molecule has 0 aliphatic carbocycles. The van der Waals surface area contributed by atoms with E-state index in [1.807, 2.05) is 0 Å². The second kappa shape index (κ2) is 6.38. The summed E-state index contributed by atoms with van der Waals surface area (Å²) in [5, 5.41) is 7.96. The van der Waals surface area contributed by atoms with Crippen molar-refractivity contribution in [2.75, 3.05) is 26.2 Å². The predicted molar refractivity (Wildman–Crippen MR) is 70.9 cm³/mol. The number of nitrogens with one attached hydrogen (secondary N) is 1. The fraction of sp³-hybridized carbons (Fsp3) is 0.692. The van der Waals surface area contributed by atoms with Crippen molar-refractivity contribution in [3.05, 3.63) is 22.4 Å². The summed E-state index contributed by atoms with van der Waals surface area (Å²) in [5.74, 6) is 0.890. The standard InChI is InChI=1S/C13H22N2S/c1-2-15-6-3-12(4-7-15)9-14-10-13-5-8-16-11-13/h5,8,11-12,14H,2-4,6-7,9-10H2,1H3. The molecule has 0 saturated carbocycles. The molecule has 2 rings (SSSR count). The van der Waals surface area contributed by atoms with Crippen molar-refractivity contribution in [3.8, 4) is 0 Å². The highest BCUT2D eigenvalue weighted by molar-refractivity contribution is 7.07. The van der Waals surface area contributed by atoms with Crippen molar-refractivity contribution in [1.29, 1.82) is 0 Å². The summed E-state index contributed by atoms with van der Waals surface area (Å²) >= 11 is 1.78. The third-order valence-electron chi connectivity index (χ3n) is 3.50. The summed E-state index contributed by atoms with van der Waals surface area (Å²) in [5.41, 5.74) is 1.43. The lowest BCUT2D eigenvalue weighted by Crippen LogP contribution is -2.36. The van der Waals surface area contributed by atoms with Crippen LogP contribution in [0.4, 0.5) is 0 Å². The molecule has 16 heavy (non-hydrogen) atoms. The van der Waals surface area contributed by atoms with Gasteiger partial charge in [0.2, 0.25) is 0 Å². The molecule has 3 heteroatoms. The van der Waals surface area contributed by atoms with Gasteiger partial charge in [-0.1, -0.05) is 6.92 Å². The molecular weight excluding hydrogens is 216 g/mol. The fourth-order valence-electron chi connectivity index (χ4n) is 2.32. The lowest BCUT2D eigenvalue weighted by molar-refractivity contribution is 0.190. The Kier molecular flexibility index (Phi) is 4.82. The Balaban J connectivity index is 1.60. The summed E-state index contributed by atoms with van der Waals surface area (Å²) in [7, 11) is 0. The van der Waals surface area contributed by atoms with Crippen molar-refractivity contribution in [1.82, 2.24) is 10.2 Å². The maximum absolute atomic E-state index is 3.58. The van der Waals surface area contributed by atoms with E-state index in [4.69, 9.17) is 0 Å². The average molecular weight is 238 g/mol. The van der Waals surface area contributed by atoms with E-state index >= 15 is 0 Å². The molecule has 0 bridgehead atoms. The van der Waals surface area contributed by atoms with Gasteiger partial charge in [-0.3, -0.25) is 0 Å². The van der Waals surface area contributed by atoms with E-state index < -0.39 is 0 Å². The van der Waals surface area contributed by atoms with Gasteiger partial charge in [0.15, 0.2) is 0 Å². The van der Waals surface area contributed by atoms with Crippen molar-refractivity contribution >= 4 is 11.3 Å². The molecule has 0 aromatic carbocycles. The van der Waals surface area contributed by atoms with Crippen LogP contribution in [0.5, 0.6) is 0 Å². The first-order valence-corrected chi connectivity index (χ1v) is 7.27. The Labute approximate surface area is 103 Å². The van der Waals surface area contributed by atoms with Gasteiger partial charge in [0.05, 0.1) is 0 Å². The van der Waals surface area contributed by atoms with Crippen LogP contribution in [0.3, 0.4) is 0 Å². The van der Waals surface area contributed by atoms with Crippen LogP contribution < -0.4 is 5.32 Å². The minimum atomic E-state index is 0.890. The molecule has 1 aromatic rings. The molecule has 1 fully saturated rings. The van der Waals surface area contributed by atoms with Crippen LogP contribution in [-0.2, 0) is 6.54 Å². The normalized spacial score (nSPS) is 19.1. The van der Waals surface area contributed by atoms with Crippen molar-refractivity contribution < 1.29 is 0 Å². The van der Waals surface area contributed by atoms with Crippen LogP contribution in [0.25, 0.3) is 0 Å².